The minimum atomic E-state index is -0.491. The van der Waals surface area contributed by atoms with E-state index in [1.807, 2.05) is 60.7 Å². The number of anilines is 1. The third-order valence-corrected chi connectivity index (χ3v) is 7.90. The summed E-state index contributed by atoms with van der Waals surface area (Å²) >= 11 is 0. The Balaban J connectivity index is 1.52. The molecule has 0 radical (unpaired) electrons. The van der Waals surface area contributed by atoms with Gasteiger partial charge in [-0.3, -0.25) is 14.6 Å². The number of nitrogens with one attached hydrogen (secondary N) is 1. The Hall–Kier alpha value is -3.71. The smallest absolute Gasteiger partial charge is 0.326 e. The topological polar surface area (TPSA) is 73.2 Å². The lowest BCUT2D eigenvalue weighted by Crippen LogP contribution is -3.22. The molecule has 5 atom stereocenters. The average molecular weight is 501 g/mol. The summed E-state index contributed by atoms with van der Waals surface area (Å²) in [5.41, 5.74) is 2.40. The van der Waals surface area contributed by atoms with E-state index in [4.69, 9.17) is 9.47 Å². The molecule has 37 heavy (non-hydrogen) atoms. The summed E-state index contributed by atoms with van der Waals surface area (Å²) in [4.78, 5) is 33.3. The summed E-state index contributed by atoms with van der Waals surface area (Å²) in [6, 6.07) is 17.3. The minimum absolute atomic E-state index is 0.0822. The maximum atomic E-state index is 13.5. The van der Waals surface area contributed by atoms with Crippen LogP contribution in [-0.4, -0.2) is 49.1 Å². The number of amides is 1. The molecule has 2 bridgehead atoms. The van der Waals surface area contributed by atoms with Crippen molar-refractivity contribution in [3.8, 4) is 5.75 Å². The van der Waals surface area contributed by atoms with Gasteiger partial charge in [-0.25, -0.2) is 0 Å². The molecule has 0 saturated carbocycles. The van der Waals surface area contributed by atoms with Crippen molar-refractivity contribution in [3.63, 3.8) is 0 Å². The largest absolute Gasteiger partial charge is 0.497 e. The molecule has 3 fully saturated rings. The van der Waals surface area contributed by atoms with Crippen LogP contribution in [0.2, 0.25) is 0 Å². The van der Waals surface area contributed by atoms with Gasteiger partial charge in [-0.15, -0.1) is 0 Å². The Morgan fingerprint density at radius 2 is 2.00 bits per heavy atom. The highest BCUT2D eigenvalue weighted by atomic mass is 16.5. The lowest BCUT2D eigenvalue weighted by Gasteiger charge is -2.48. The Kier molecular flexibility index (Phi) is 7.24. The molecule has 4 heterocycles. The van der Waals surface area contributed by atoms with Gasteiger partial charge in [-0.1, -0.05) is 24.8 Å². The third kappa shape index (κ3) is 5.09. The highest BCUT2D eigenvalue weighted by Gasteiger charge is 2.48. The summed E-state index contributed by atoms with van der Waals surface area (Å²) in [5, 5.41) is 0.906. The van der Waals surface area contributed by atoms with E-state index in [-0.39, 0.29) is 18.5 Å². The van der Waals surface area contributed by atoms with Crippen molar-refractivity contribution in [2.24, 2.45) is 5.92 Å². The quantitative estimate of drug-likeness (QED) is 0.379. The molecule has 2 aromatic carbocycles. The molecule has 3 saturated heterocycles. The van der Waals surface area contributed by atoms with Crippen molar-refractivity contribution in [3.05, 3.63) is 79.0 Å². The molecule has 192 valence electrons. The molecule has 3 aromatic rings. The van der Waals surface area contributed by atoms with Gasteiger partial charge >= 0.3 is 5.97 Å². The molecule has 3 aliphatic rings. The second-order valence-corrected chi connectivity index (χ2v) is 10.0. The van der Waals surface area contributed by atoms with E-state index < -0.39 is 12.1 Å². The Labute approximate surface area is 217 Å². The van der Waals surface area contributed by atoms with Crippen LogP contribution >= 0.6 is 0 Å². The first-order valence-electron chi connectivity index (χ1n) is 12.9. The van der Waals surface area contributed by atoms with Gasteiger partial charge in [0, 0.05) is 42.6 Å². The van der Waals surface area contributed by atoms with Gasteiger partial charge in [0.25, 0.3) is 0 Å². The fourth-order valence-corrected chi connectivity index (χ4v) is 6.12. The second-order valence-electron chi connectivity index (χ2n) is 10.0. The van der Waals surface area contributed by atoms with Crippen LogP contribution in [0.1, 0.15) is 37.9 Å². The first-order valence-corrected chi connectivity index (χ1v) is 12.9. The van der Waals surface area contributed by atoms with Crippen LogP contribution in [0.15, 0.2) is 73.4 Å². The van der Waals surface area contributed by atoms with Crippen LogP contribution in [0.3, 0.4) is 0 Å². The standard InChI is InChI=1S/C30H33N3O4/c1-4-22-16-21-13-15-32(22)28(17-21)30(25-12-14-31-27-11-10-24(36-3)18-26(25)27)37-29(35)19-33(20(2)34)23-8-6-5-7-9-23/h4-12,14,18,21-22,28,30H,1,13,15-17,19H2,2-3H3/p+1/t21-,22-,28-,30-/m1/s1. The number of esters is 1. The van der Waals surface area contributed by atoms with Crippen molar-refractivity contribution >= 4 is 28.5 Å². The van der Waals surface area contributed by atoms with Gasteiger partial charge in [0.1, 0.15) is 24.4 Å². The summed E-state index contributed by atoms with van der Waals surface area (Å²) in [6.45, 7) is 6.43. The Morgan fingerprint density at radius 1 is 1.19 bits per heavy atom. The molecule has 1 amide bonds. The zero-order chi connectivity index (χ0) is 25.9. The van der Waals surface area contributed by atoms with E-state index in [0.29, 0.717) is 17.6 Å². The zero-order valence-electron chi connectivity index (χ0n) is 21.4. The number of benzene rings is 2. The van der Waals surface area contributed by atoms with E-state index in [2.05, 4.69) is 11.6 Å². The zero-order valence-corrected chi connectivity index (χ0v) is 21.4. The van der Waals surface area contributed by atoms with Crippen molar-refractivity contribution in [2.75, 3.05) is 25.1 Å². The van der Waals surface area contributed by atoms with Gasteiger partial charge in [0.05, 0.1) is 19.2 Å². The SMILES string of the molecule is C=C[C@@H]1C[C@H]2CC[NH+]1[C@@H]([C@H](OC(=O)CN(C(C)=O)c1ccccc1)c1ccnc3ccc(OC)cc13)C2. The van der Waals surface area contributed by atoms with Crippen LogP contribution in [-0.2, 0) is 14.3 Å². The van der Waals surface area contributed by atoms with E-state index in [9.17, 15) is 9.59 Å². The number of hydrogen-bond donors (Lipinski definition) is 1. The number of fused-ring (bicyclic) bond motifs is 4. The van der Waals surface area contributed by atoms with Gasteiger partial charge in [0.15, 0.2) is 6.10 Å². The van der Waals surface area contributed by atoms with Crippen LogP contribution in [0.25, 0.3) is 10.9 Å². The fourth-order valence-electron chi connectivity index (χ4n) is 6.12. The number of aromatic nitrogens is 1. The number of carbonyl (C=O) groups excluding carboxylic acids is 2. The number of hydrogen-bond acceptors (Lipinski definition) is 5. The highest BCUT2D eigenvalue weighted by Crippen LogP contribution is 2.36. The lowest BCUT2D eigenvalue weighted by molar-refractivity contribution is -0.963. The van der Waals surface area contributed by atoms with Crippen molar-refractivity contribution in [2.45, 2.75) is 44.4 Å². The summed E-state index contributed by atoms with van der Waals surface area (Å²) in [6.07, 6.45) is 6.59. The number of quaternary nitrogens is 1. The first-order chi connectivity index (χ1) is 18.0. The molecular weight excluding hydrogens is 466 g/mol. The predicted molar refractivity (Wildman–Crippen MR) is 143 cm³/mol. The maximum Gasteiger partial charge on any atom is 0.326 e. The van der Waals surface area contributed by atoms with E-state index in [1.165, 1.54) is 23.1 Å². The van der Waals surface area contributed by atoms with Crippen LogP contribution in [0, 0.1) is 5.92 Å². The molecule has 0 spiro atoms. The van der Waals surface area contributed by atoms with E-state index in [0.717, 1.165) is 41.6 Å². The third-order valence-electron chi connectivity index (χ3n) is 7.90. The number of carbonyl (C=O) groups is 2. The van der Waals surface area contributed by atoms with Crippen LogP contribution in [0.4, 0.5) is 5.69 Å². The summed E-state index contributed by atoms with van der Waals surface area (Å²) in [5.74, 6) is 0.651. The van der Waals surface area contributed by atoms with Crippen LogP contribution < -0.4 is 14.5 Å². The lowest BCUT2D eigenvalue weighted by atomic mass is 9.76. The monoisotopic (exact) mass is 500 g/mol. The average Bonchev–Trinajstić information content (AvgIpc) is 2.94. The fraction of sp³-hybridized carbons (Fsp3) is 0.367. The normalized spacial score (nSPS) is 23.3. The molecule has 1 N–H and O–H groups in total. The van der Waals surface area contributed by atoms with E-state index >= 15 is 0 Å². The molecule has 6 rings (SSSR count). The van der Waals surface area contributed by atoms with Crippen LogP contribution in [0.5, 0.6) is 5.75 Å². The number of para-hydroxylation sites is 1. The molecular formula is C30H34N3O4+. The van der Waals surface area contributed by atoms with Crippen molar-refractivity contribution in [1.29, 1.82) is 0 Å². The number of methoxy groups -OCH3 is 1. The van der Waals surface area contributed by atoms with Crippen molar-refractivity contribution < 1.29 is 24.0 Å². The summed E-state index contributed by atoms with van der Waals surface area (Å²) < 4.78 is 11.8. The molecule has 7 nitrogen and oxygen atoms in total. The number of piperidine rings is 3. The van der Waals surface area contributed by atoms with Crippen molar-refractivity contribution in [1.82, 2.24) is 4.98 Å². The molecule has 3 aliphatic heterocycles. The second kappa shape index (κ2) is 10.7. The van der Waals surface area contributed by atoms with Gasteiger partial charge in [-0.05, 0) is 54.8 Å². The minimum Gasteiger partial charge on any atom is -0.497 e. The number of nitrogens with zero attached hydrogens (tertiary/aromatic N) is 2. The Morgan fingerprint density at radius 3 is 2.70 bits per heavy atom. The number of ether oxygens (including phenoxy) is 2. The predicted octanol–water partition coefficient (Wildman–Crippen LogP) is 3.50. The van der Waals surface area contributed by atoms with Gasteiger partial charge in [-0.2, -0.15) is 0 Å². The molecule has 1 aromatic heterocycles. The first kappa shape index (κ1) is 25.0. The maximum absolute atomic E-state index is 13.5. The number of rotatable bonds is 8. The van der Waals surface area contributed by atoms with E-state index in [1.54, 1.807) is 13.3 Å². The molecule has 0 aliphatic carbocycles. The summed E-state index contributed by atoms with van der Waals surface area (Å²) in [7, 11) is 1.64. The highest BCUT2D eigenvalue weighted by molar-refractivity contribution is 5.96. The number of pyridine rings is 1. The van der Waals surface area contributed by atoms with Gasteiger partial charge < -0.3 is 19.3 Å². The molecule has 1 unspecified atom stereocenters. The molecule has 7 heteroatoms. The van der Waals surface area contributed by atoms with Gasteiger partial charge in [0.2, 0.25) is 5.91 Å². The Bertz CT molecular complexity index is 1290.